The molecule has 1 amide bonds. The smallest absolute Gasteiger partial charge is 0.339 e. The number of carbonyl (C=O) groups excluding carboxylic acids is 1. The number of alkyl halides is 5. The number of aryl methyl sites for hydroxylation is 1. The summed E-state index contributed by atoms with van der Waals surface area (Å²) in [4.78, 5) is 17.5. The van der Waals surface area contributed by atoms with Gasteiger partial charge in [0.2, 0.25) is 0 Å². The topological polar surface area (TPSA) is 89.1 Å². The van der Waals surface area contributed by atoms with E-state index in [4.69, 9.17) is 4.52 Å². The van der Waals surface area contributed by atoms with Crippen molar-refractivity contribution >= 4 is 11.9 Å². The second-order valence-electron chi connectivity index (χ2n) is 6.55. The van der Waals surface area contributed by atoms with Crippen molar-refractivity contribution in [3.63, 3.8) is 0 Å². The van der Waals surface area contributed by atoms with Crippen LogP contribution in [0.4, 0.5) is 27.9 Å². The fourth-order valence-electron chi connectivity index (χ4n) is 2.82. The summed E-state index contributed by atoms with van der Waals surface area (Å²) in [6.45, 7) is 1.27. The zero-order valence-electron chi connectivity index (χ0n) is 14.9. The highest BCUT2D eigenvalue weighted by molar-refractivity contribution is 5.92. The Morgan fingerprint density at radius 1 is 1.39 bits per heavy atom. The summed E-state index contributed by atoms with van der Waals surface area (Å²) in [6.07, 6.45) is -4.63. The van der Waals surface area contributed by atoms with E-state index in [0.29, 0.717) is 12.6 Å². The molecule has 0 aliphatic carbocycles. The van der Waals surface area contributed by atoms with Crippen molar-refractivity contribution in [3.05, 3.63) is 23.3 Å². The van der Waals surface area contributed by atoms with Gasteiger partial charge in [-0.15, -0.1) is 0 Å². The van der Waals surface area contributed by atoms with Crippen LogP contribution in [0.1, 0.15) is 47.9 Å². The van der Waals surface area contributed by atoms with Crippen molar-refractivity contribution in [2.45, 2.75) is 37.9 Å². The quantitative estimate of drug-likeness (QED) is 0.783. The molecule has 13 heteroatoms. The predicted octanol–water partition coefficient (Wildman–Crippen LogP) is 2.55. The molecule has 1 atom stereocenters. The summed E-state index contributed by atoms with van der Waals surface area (Å²) in [7, 11) is 1.20. The van der Waals surface area contributed by atoms with Crippen LogP contribution in [0.25, 0.3) is 0 Å². The van der Waals surface area contributed by atoms with Crippen LogP contribution in [0.2, 0.25) is 0 Å². The van der Waals surface area contributed by atoms with Crippen molar-refractivity contribution in [1.82, 2.24) is 25.2 Å². The lowest BCUT2D eigenvalue weighted by molar-refractivity contribution is -0.141. The Morgan fingerprint density at radius 2 is 2.11 bits per heavy atom. The minimum absolute atomic E-state index is 0.0321. The highest BCUT2D eigenvalue weighted by atomic mass is 19.4. The standard InChI is InChI=1S/C15H17F5N6O2/c1-8(21-11(27)9-6-10(15(18,19)20)23-25(9)2)12-22-13(24-28-12)26-5-3-4-14(16,17)7-26/h6,8H,3-5,7H2,1-2H3,(H,21,27)/t8-/m0/s1. The van der Waals surface area contributed by atoms with Gasteiger partial charge in [-0.25, -0.2) is 8.78 Å². The van der Waals surface area contributed by atoms with E-state index >= 15 is 0 Å². The average Bonchev–Trinajstić information content (AvgIpc) is 3.20. The van der Waals surface area contributed by atoms with Gasteiger partial charge in [0.15, 0.2) is 5.69 Å². The van der Waals surface area contributed by atoms with E-state index in [-0.39, 0.29) is 30.4 Å². The number of anilines is 1. The molecule has 0 bridgehead atoms. The van der Waals surface area contributed by atoms with Crippen LogP contribution in [-0.2, 0) is 13.2 Å². The van der Waals surface area contributed by atoms with Gasteiger partial charge in [0.05, 0.1) is 6.54 Å². The Morgan fingerprint density at radius 3 is 2.71 bits per heavy atom. The third-order valence-electron chi connectivity index (χ3n) is 4.23. The largest absolute Gasteiger partial charge is 0.435 e. The van der Waals surface area contributed by atoms with E-state index in [0.717, 1.165) is 4.68 Å². The molecule has 3 heterocycles. The molecule has 0 unspecified atom stereocenters. The predicted molar refractivity (Wildman–Crippen MR) is 84.8 cm³/mol. The lowest BCUT2D eigenvalue weighted by atomic mass is 10.1. The number of piperidine rings is 1. The number of amides is 1. The van der Waals surface area contributed by atoms with Crippen LogP contribution >= 0.6 is 0 Å². The summed E-state index contributed by atoms with van der Waals surface area (Å²) in [5, 5.41) is 9.33. The molecule has 0 saturated carbocycles. The highest BCUT2D eigenvalue weighted by Crippen LogP contribution is 2.30. The second-order valence-corrected chi connectivity index (χ2v) is 6.55. The van der Waals surface area contributed by atoms with Crippen molar-refractivity contribution in [3.8, 4) is 0 Å². The SMILES string of the molecule is C[C@H](NC(=O)c1cc(C(F)(F)F)nn1C)c1nc(N2CCCC(F)(F)C2)no1. The van der Waals surface area contributed by atoms with E-state index in [1.807, 2.05) is 0 Å². The summed E-state index contributed by atoms with van der Waals surface area (Å²) >= 11 is 0. The van der Waals surface area contributed by atoms with Crippen LogP contribution in [0.5, 0.6) is 0 Å². The van der Waals surface area contributed by atoms with Crippen molar-refractivity contribution < 1.29 is 31.3 Å². The molecule has 0 spiro atoms. The maximum Gasteiger partial charge on any atom is 0.435 e. The molecule has 2 aromatic heterocycles. The van der Waals surface area contributed by atoms with E-state index in [9.17, 15) is 26.7 Å². The van der Waals surface area contributed by atoms with Crippen molar-refractivity contribution in [1.29, 1.82) is 0 Å². The molecule has 28 heavy (non-hydrogen) atoms. The maximum absolute atomic E-state index is 13.5. The minimum atomic E-state index is -4.68. The normalized spacial score (nSPS) is 18.2. The number of nitrogens with one attached hydrogen (secondary N) is 1. The first kappa shape index (κ1) is 20.0. The molecular weight excluding hydrogens is 391 g/mol. The Balaban J connectivity index is 1.69. The number of nitrogens with zero attached hydrogens (tertiary/aromatic N) is 5. The number of hydrogen-bond donors (Lipinski definition) is 1. The monoisotopic (exact) mass is 408 g/mol. The molecule has 8 nitrogen and oxygen atoms in total. The molecule has 1 fully saturated rings. The number of halogens is 5. The van der Waals surface area contributed by atoms with Crippen molar-refractivity contribution in [2.24, 2.45) is 7.05 Å². The molecule has 0 aromatic carbocycles. The van der Waals surface area contributed by atoms with Gasteiger partial charge >= 0.3 is 6.18 Å². The van der Waals surface area contributed by atoms with Crippen LogP contribution < -0.4 is 10.2 Å². The zero-order chi connectivity index (χ0) is 20.7. The lowest BCUT2D eigenvalue weighted by Crippen LogP contribution is -2.43. The molecule has 154 valence electrons. The number of hydrogen-bond acceptors (Lipinski definition) is 6. The second kappa shape index (κ2) is 7.02. The Kier molecular flexibility index (Phi) is 5.02. The van der Waals surface area contributed by atoms with E-state index in [1.54, 1.807) is 0 Å². The minimum Gasteiger partial charge on any atom is -0.339 e. The summed E-state index contributed by atoms with van der Waals surface area (Å²) < 4.78 is 71.0. The molecular formula is C15H17F5N6O2. The first-order chi connectivity index (χ1) is 13.0. The maximum atomic E-state index is 13.5. The van der Waals surface area contributed by atoms with Gasteiger partial charge in [-0.1, -0.05) is 0 Å². The van der Waals surface area contributed by atoms with Crippen LogP contribution in [-0.4, -0.2) is 44.8 Å². The zero-order valence-corrected chi connectivity index (χ0v) is 14.9. The van der Waals surface area contributed by atoms with Crippen LogP contribution in [0, 0.1) is 0 Å². The first-order valence-electron chi connectivity index (χ1n) is 8.35. The Hall–Kier alpha value is -2.73. The van der Waals surface area contributed by atoms with Crippen LogP contribution in [0.3, 0.4) is 0 Å². The highest BCUT2D eigenvalue weighted by Gasteiger charge is 2.37. The molecule has 2 aromatic rings. The Bertz CT molecular complexity index is 861. The third kappa shape index (κ3) is 4.22. The van der Waals surface area contributed by atoms with Gasteiger partial charge in [-0.3, -0.25) is 9.48 Å². The number of aromatic nitrogens is 4. The average molecular weight is 408 g/mol. The lowest BCUT2D eigenvalue weighted by Gasteiger charge is -2.31. The van der Waals surface area contributed by atoms with Gasteiger partial charge in [0, 0.05) is 26.1 Å². The molecule has 0 radical (unpaired) electrons. The number of carbonyl (C=O) groups is 1. The molecule has 1 aliphatic rings. The van der Waals surface area contributed by atoms with E-state index in [2.05, 4.69) is 20.6 Å². The summed E-state index contributed by atoms with van der Waals surface area (Å²) in [5.74, 6) is -3.78. The third-order valence-corrected chi connectivity index (χ3v) is 4.23. The summed E-state index contributed by atoms with van der Waals surface area (Å²) in [5.41, 5.74) is -1.51. The molecule has 1 aliphatic heterocycles. The first-order valence-corrected chi connectivity index (χ1v) is 8.35. The van der Waals surface area contributed by atoms with Crippen LogP contribution in [0.15, 0.2) is 10.6 Å². The molecule has 3 rings (SSSR count). The fraction of sp³-hybridized carbons (Fsp3) is 0.600. The van der Waals surface area contributed by atoms with Gasteiger partial charge in [-0.05, 0) is 18.5 Å². The Labute approximate surface area is 155 Å². The van der Waals surface area contributed by atoms with Gasteiger partial charge in [0.25, 0.3) is 23.7 Å². The van der Waals surface area contributed by atoms with E-state index in [1.165, 1.54) is 18.9 Å². The van der Waals surface area contributed by atoms with Gasteiger partial charge in [0.1, 0.15) is 11.7 Å². The summed E-state index contributed by atoms with van der Waals surface area (Å²) in [6, 6.07) is -0.236. The fourth-order valence-corrected chi connectivity index (χ4v) is 2.82. The molecule has 1 N–H and O–H groups in total. The van der Waals surface area contributed by atoms with Gasteiger partial charge in [-0.2, -0.15) is 23.3 Å². The molecule has 1 saturated heterocycles. The number of rotatable bonds is 4. The van der Waals surface area contributed by atoms with E-state index < -0.39 is 36.3 Å². The van der Waals surface area contributed by atoms with Crippen molar-refractivity contribution in [2.75, 3.05) is 18.0 Å². The van der Waals surface area contributed by atoms with Gasteiger partial charge < -0.3 is 14.7 Å².